The Morgan fingerprint density at radius 1 is 1.26 bits per heavy atom. The van der Waals surface area contributed by atoms with Crippen LogP contribution in [0.3, 0.4) is 0 Å². The minimum absolute atomic E-state index is 0.391. The van der Waals surface area contributed by atoms with Gasteiger partial charge in [-0.15, -0.1) is 11.8 Å². The van der Waals surface area contributed by atoms with E-state index >= 15 is 0 Å². The van der Waals surface area contributed by atoms with E-state index in [2.05, 4.69) is 24.3 Å². The zero-order valence-electron chi connectivity index (χ0n) is 11.3. The molecule has 2 aliphatic rings. The van der Waals surface area contributed by atoms with Crippen molar-refractivity contribution in [2.45, 2.75) is 48.4 Å². The maximum absolute atomic E-state index is 5.53. The van der Waals surface area contributed by atoms with Gasteiger partial charge in [-0.3, -0.25) is 0 Å². The molecule has 104 valence electrons. The zero-order valence-corrected chi connectivity index (χ0v) is 12.9. The Hall–Kier alpha value is -0.460. The number of nitrogen functional groups attached to an aromatic ring is 1. The molecule has 0 radical (unpaired) electrons. The van der Waals surface area contributed by atoms with Crippen LogP contribution in [0, 0.1) is 0 Å². The fraction of sp³-hybridized carbons (Fsp3) is 0.692. The fourth-order valence-corrected chi connectivity index (χ4v) is 5.05. The molecule has 1 aliphatic carbocycles. The van der Waals surface area contributed by atoms with Crippen LogP contribution in [0.15, 0.2) is 6.07 Å². The number of hydrogen-bond donors (Lipinski definition) is 2. The number of hydrogen-bond acceptors (Lipinski definition) is 6. The Kier molecular flexibility index (Phi) is 3.91. The molecule has 6 heteroatoms. The average molecular weight is 296 g/mol. The topological polar surface area (TPSA) is 63.8 Å². The second-order valence-corrected chi connectivity index (χ2v) is 8.32. The molecule has 0 bridgehead atoms. The van der Waals surface area contributed by atoms with Crippen LogP contribution in [0.5, 0.6) is 0 Å². The van der Waals surface area contributed by atoms with Gasteiger partial charge in [-0.2, -0.15) is 11.8 Å². The lowest BCUT2D eigenvalue weighted by atomic mass is 10.2. The molecular weight excluding hydrogens is 276 g/mol. The Morgan fingerprint density at radius 2 is 2.05 bits per heavy atom. The molecule has 3 atom stereocenters. The summed E-state index contributed by atoms with van der Waals surface area (Å²) >= 11 is 4.01. The van der Waals surface area contributed by atoms with Gasteiger partial charge in [0, 0.05) is 33.9 Å². The largest absolute Gasteiger partial charge is 0.308 e. The SMILES string of the molecule is CC1SCC(c2nc(NN)cc(C3CC3)n2)SC1C. The second kappa shape index (κ2) is 5.50. The van der Waals surface area contributed by atoms with E-state index in [1.54, 1.807) is 0 Å². The van der Waals surface area contributed by atoms with Crippen LogP contribution in [-0.2, 0) is 0 Å². The van der Waals surface area contributed by atoms with E-state index in [-0.39, 0.29) is 0 Å². The molecule has 19 heavy (non-hydrogen) atoms. The van der Waals surface area contributed by atoms with Gasteiger partial charge in [0.15, 0.2) is 0 Å². The van der Waals surface area contributed by atoms with E-state index in [1.165, 1.54) is 12.8 Å². The molecule has 1 saturated carbocycles. The number of nitrogens with zero attached hydrogens (tertiary/aromatic N) is 2. The minimum atomic E-state index is 0.391. The maximum atomic E-state index is 5.53. The number of nitrogens with one attached hydrogen (secondary N) is 1. The van der Waals surface area contributed by atoms with Gasteiger partial charge in [-0.1, -0.05) is 13.8 Å². The molecule has 3 N–H and O–H groups in total. The third-order valence-corrected chi connectivity index (χ3v) is 7.13. The number of aromatic nitrogens is 2. The molecule has 0 aromatic carbocycles. The van der Waals surface area contributed by atoms with E-state index in [1.807, 2.05) is 29.6 Å². The van der Waals surface area contributed by atoms with Crippen LogP contribution >= 0.6 is 23.5 Å². The predicted octanol–water partition coefficient (Wildman–Crippen LogP) is 2.94. The van der Waals surface area contributed by atoms with E-state index in [0.717, 1.165) is 23.1 Å². The highest BCUT2D eigenvalue weighted by Gasteiger charge is 2.31. The summed E-state index contributed by atoms with van der Waals surface area (Å²) in [5.41, 5.74) is 3.84. The summed E-state index contributed by atoms with van der Waals surface area (Å²) in [5.74, 6) is 8.96. The van der Waals surface area contributed by atoms with Crippen LogP contribution in [0.2, 0.25) is 0 Å². The van der Waals surface area contributed by atoms with Gasteiger partial charge in [0.05, 0.1) is 5.25 Å². The second-order valence-electron chi connectivity index (χ2n) is 5.32. The molecule has 3 unspecified atom stereocenters. The summed E-state index contributed by atoms with van der Waals surface area (Å²) in [4.78, 5) is 9.35. The Balaban J connectivity index is 1.84. The summed E-state index contributed by atoms with van der Waals surface area (Å²) in [5, 5.41) is 1.74. The Bertz CT molecular complexity index is 464. The lowest BCUT2D eigenvalue weighted by Gasteiger charge is -2.30. The van der Waals surface area contributed by atoms with E-state index in [9.17, 15) is 0 Å². The first-order valence-corrected chi connectivity index (χ1v) is 8.79. The van der Waals surface area contributed by atoms with Crippen molar-refractivity contribution in [1.29, 1.82) is 0 Å². The van der Waals surface area contributed by atoms with Gasteiger partial charge >= 0.3 is 0 Å². The lowest BCUT2D eigenvalue weighted by Crippen LogP contribution is -2.23. The average Bonchev–Trinajstić information content (AvgIpc) is 3.26. The molecule has 0 amide bonds. The van der Waals surface area contributed by atoms with Crippen LogP contribution in [0.4, 0.5) is 5.82 Å². The first-order chi connectivity index (χ1) is 9.17. The van der Waals surface area contributed by atoms with Gasteiger partial charge in [0.1, 0.15) is 11.6 Å². The van der Waals surface area contributed by atoms with Gasteiger partial charge in [0.25, 0.3) is 0 Å². The molecule has 1 aromatic heterocycles. The third kappa shape index (κ3) is 3.01. The van der Waals surface area contributed by atoms with Crippen LogP contribution < -0.4 is 11.3 Å². The monoisotopic (exact) mass is 296 g/mol. The summed E-state index contributed by atoms with van der Waals surface area (Å²) < 4.78 is 0. The van der Waals surface area contributed by atoms with Crippen molar-refractivity contribution in [3.8, 4) is 0 Å². The van der Waals surface area contributed by atoms with Crippen molar-refractivity contribution in [2.24, 2.45) is 5.84 Å². The van der Waals surface area contributed by atoms with Gasteiger partial charge in [-0.25, -0.2) is 15.8 Å². The van der Waals surface area contributed by atoms with Crippen molar-refractivity contribution in [3.05, 3.63) is 17.6 Å². The number of rotatable bonds is 3. The van der Waals surface area contributed by atoms with Crippen LogP contribution in [-0.4, -0.2) is 26.2 Å². The summed E-state index contributed by atoms with van der Waals surface area (Å²) in [6.07, 6.45) is 2.50. The molecular formula is C13H20N4S2. The number of thioether (sulfide) groups is 2. The van der Waals surface area contributed by atoms with E-state index in [0.29, 0.717) is 21.7 Å². The number of anilines is 1. The van der Waals surface area contributed by atoms with Crippen LogP contribution in [0.25, 0.3) is 0 Å². The Morgan fingerprint density at radius 3 is 2.68 bits per heavy atom. The molecule has 0 spiro atoms. The highest BCUT2D eigenvalue weighted by atomic mass is 32.2. The van der Waals surface area contributed by atoms with Gasteiger partial charge < -0.3 is 5.43 Å². The quantitative estimate of drug-likeness (QED) is 0.660. The molecule has 1 saturated heterocycles. The van der Waals surface area contributed by atoms with Crippen molar-refractivity contribution in [2.75, 3.05) is 11.2 Å². The highest BCUT2D eigenvalue weighted by molar-refractivity contribution is 8.07. The molecule has 2 heterocycles. The molecule has 2 fully saturated rings. The smallest absolute Gasteiger partial charge is 0.144 e. The maximum Gasteiger partial charge on any atom is 0.144 e. The summed E-state index contributed by atoms with van der Waals surface area (Å²) in [6, 6.07) is 1.99. The lowest BCUT2D eigenvalue weighted by molar-refractivity contribution is 0.839. The van der Waals surface area contributed by atoms with Crippen molar-refractivity contribution >= 4 is 29.3 Å². The Labute approximate surface area is 122 Å². The first-order valence-electron chi connectivity index (χ1n) is 6.80. The summed E-state index contributed by atoms with van der Waals surface area (Å²) in [6.45, 7) is 4.59. The number of hydrazine groups is 1. The molecule has 3 rings (SSSR count). The van der Waals surface area contributed by atoms with Crippen molar-refractivity contribution in [3.63, 3.8) is 0 Å². The third-order valence-electron chi connectivity index (χ3n) is 3.75. The first kappa shape index (κ1) is 13.5. The summed E-state index contributed by atoms with van der Waals surface area (Å²) in [7, 11) is 0. The van der Waals surface area contributed by atoms with Gasteiger partial charge in [0.2, 0.25) is 0 Å². The molecule has 4 nitrogen and oxygen atoms in total. The van der Waals surface area contributed by atoms with Crippen molar-refractivity contribution in [1.82, 2.24) is 9.97 Å². The minimum Gasteiger partial charge on any atom is -0.308 e. The molecule has 1 aromatic rings. The fourth-order valence-electron chi connectivity index (χ4n) is 2.21. The van der Waals surface area contributed by atoms with Crippen LogP contribution in [0.1, 0.15) is 49.4 Å². The zero-order chi connectivity index (χ0) is 13.4. The number of nitrogens with two attached hydrogens (primary N) is 1. The van der Waals surface area contributed by atoms with E-state index < -0.39 is 0 Å². The highest BCUT2D eigenvalue weighted by Crippen LogP contribution is 2.45. The standard InChI is InChI=1S/C13H20N4S2/c1-7-8(2)19-11(6-18-7)13-15-10(9-3-4-9)5-12(16-13)17-14/h5,7-9,11H,3-4,6,14H2,1-2H3,(H,15,16,17). The normalized spacial score (nSPS) is 31.2. The van der Waals surface area contributed by atoms with Gasteiger partial charge in [-0.05, 0) is 12.8 Å². The molecule has 1 aliphatic heterocycles. The van der Waals surface area contributed by atoms with Crippen molar-refractivity contribution < 1.29 is 0 Å². The predicted molar refractivity (Wildman–Crippen MR) is 83.5 cm³/mol. The van der Waals surface area contributed by atoms with E-state index in [4.69, 9.17) is 10.8 Å².